The Morgan fingerprint density at radius 3 is 2.73 bits per heavy atom. The number of rotatable bonds is 6. The van der Waals surface area contributed by atoms with Crippen molar-refractivity contribution in [3.63, 3.8) is 0 Å². The number of amides is 1. The SMILES string of the molecule is O=C(NCCc1ccc(F)c(Br)c1)c1cccc(CN2CCOCC2)c1. The molecule has 1 N–H and O–H groups in total. The fourth-order valence-corrected chi connectivity index (χ4v) is 3.37. The van der Waals surface area contributed by atoms with Gasteiger partial charge in [0.1, 0.15) is 5.82 Å². The van der Waals surface area contributed by atoms with Crippen LogP contribution in [0, 0.1) is 5.82 Å². The zero-order chi connectivity index (χ0) is 18.4. The van der Waals surface area contributed by atoms with Gasteiger partial charge in [0.05, 0.1) is 17.7 Å². The monoisotopic (exact) mass is 420 g/mol. The second kappa shape index (κ2) is 9.26. The van der Waals surface area contributed by atoms with Crippen LogP contribution in [0.5, 0.6) is 0 Å². The third kappa shape index (κ3) is 5.37. The van der Waals surface area contributed by atoms with Crippen molar-refractivity contribution >= 4 is 21.8 Å². The van der Waals surface area contributed by atoms with Crippen molar-refractivity contribution in [2.24, 2.45) is 0 Å². The first kappa shape index (κ1) is 19.0. The average molecular weight is 421 g/mol. The normalized spacial score (nSPS) is 15.0. The number of carbonyl (C=O) groups is 1. The zero-order valence-electron chi connectivity index (χ0n) is 14.5. The summed E-state index contributed by atoms with van der Waals surface area (Å²) in [6.07, 6.45) is 0.651. The van der Waals surface area contributed by atoms with Crippen molar-refractivity contribution in [3.05, 3.63) is 69.4 Å². The van der Waals surface area contributed by atoms with Gasteiger partial charge >= 0.3 is 0 Å². The topological polar surface area (TPSA) is 41.6 Å². The number of morpholine rings is 1. The molecule has 1 aliphatic rings. The van der Waals surface area contributed by atoms with Gasteiger partial charge < -0.3 is 10.1 Å². The number of carbonyl (C=O) groups excluding carboxylic acids is 1. The molecule has 1 saturated heterocycles. The van der Waals surface area contributed by atoms with Gasteiger partial charge in [0.2, 0.25) is 0 Å². The highest BCUT2D eigenvalue weighted by atomic mass is 79.9. The number of ether oxygens (including phenoxy) is 1. The van der Waals surface area contributed by atoms with E-state index in [1.165, 1.54) is 6.07 Å². The van der Waals surface area contributed by atoms with E-state index in [1.54, 1.807) is 12.1 Å². The summed E-state index contributed by atoms with van der Waals surface area (Å²) < 4.78 is 19.1. The van der Waals surface area contributed by atoms with E-state index in [2.05, 4.69) is 26.1 Å². The standard InChI is InChI=1S/C20H22BrFN2O2/c21-18-13-15(4-5-19(18)22)6-7-23-20(25)17-3-1-2-16(12-17)14-24-8-10-26-11-9-24/h1-5,12-13H,6-11,14H2,(H,23,25). The van der Waals surface area contributed by atoms with Crippen LogP contribution in [0.1, 0.15) is 21.5 Å². The van der Waals surface area contributed by atoms with Crippen molar-refractivity contribution in [2.75, 3.05) is 32.8 Å². The van der Waals surface area contributed by atoms with Crippen LogP contribution in [0.25, 0.3) is 0 Å². The Labute approximate surface area is 161 Å². The van der Waals surface area contributed by atoms with E-state index in [1.807, 2.05) is 24.3 Å². The predicted molar refractivity (Wildman–Crippen MR) is 103 cm³/mol. The molecule has 6 heteroatoms. The molecule has 2 aromatic carbocycles. The van der Waals surface area contributed by atoms with E-state index in [4.69, 9.17) is 4.74 Å². The molecule has 0 aliphatic carbocycles. The van der Waals surface area contributed by atoms with Crippen LogP contribution in [-0.4, -0.2) is 43.7 Å². The third-order valence-corrected chi connectivity index (χ3v) is 4.99. The van der Waals surface area contributed by atoms with Gasteiger partial charge in [-0.15, -0.1) is 0 Å². The smallest absolute Gasteiger partial charge is 0.251 e. The molecule has 4 nitrogen and oxygen atoms in total. The highest BCUT2D eigenvalue weighted by molar-refractivity contribution is 9.10. The lowest BCUT2D eigenvalue weighted by atomic mass is 10.1. The third-order valence-electron chi connectivity index (χ3n) is 4.38. The summed E-state index contributed by atoms with van der Waals surface area (Å²) in [5, 5.41) is 2.93. The molecule has 3 rings (SSSR count). The number of hydrogen-bond acceptors (Lipinski definition) is 3. The van der Waals surface area contributed by atoms with E-state index in [9.17, 15) is 9.18 Å². The predicted octanol–water partition coefficient (Wildman–Crippen LogP) is 3.39. The minimum absolute atomic E-state index is 0.0880. The first-order valence-corrected chi connectivity index (χ1v) is 9.52. The van der Waals surface area contributed by atoms with E-state index in [-0.39, 0.29) is 11.7 Å². The van der Waals surface area contributed by atoms with Crippen LogP contribution in [0.4, 0.5) is 4.39 Å². The summed E-state index contributed by atoms with van der Waals surface area (Å²) in [4.78, 5) is 14.7. The molecule has 0 spiro atoms. The lowest BCUT2D eigenvalue weighted by Gasteiger charge is -2.26. The van der Waals surface area contributed by atoms with Crippen LogP contribution in [0.15, 0.2) is 46.9 Å². The molecular weight excluding hydrogens is 399 g/mol. The summed E-state index contributed by atoms with van der Waals surface area (Å²) in [5.41, 5.74) is 2.76. The molecule has 138 valence electrons. The Morgan fingerprint density at radius 2 is 1.96 bits per heavy atom. The summed E-state index contributed by atoms with van der Waals surface area (Å²) in [7, 11) is 0. The van der Waals surface area contributed by atoms with E-state index >= 15 is 0 Å². The van der Waals surface area contributed by atoms with Crippen LogP contribution in [0.2, 0.25) is 0 Å². The minimum Gasteiger partial charge on any atom is -0.379 e. The zero-order valence-corrected chi connectivity index (χ0v) is 16.1. The fourth-order valence-electron chi connectivity index (χ4n) is 2.95. The molecule has 1 amide bonds. The quantitative estimate of drug-likeness (QED) is 0.778. The van der Waals surface area contributed by atoms with Gasteiger partial charge in [-0.25, -0.2) is 4.39 Å². The highest BCUT2D eigenvalue weighted by Crippen LogP contribution is 2.17. The molecule has 1 fully saturated rings. The van der Waals surface area contributed by atoms with E-state index in [0.29, 0.717) is 23.0 Å². The van der Waals surface area contributed by atoms with Gasteiger partial charge in [0, 0.05) is 31.7 Å². The maximum Gasteiger partial charge on any atom is 0.251 e. The molecule has 0 aromatic heterocycles. The number of nitrogens with one attached hydrogen (secondary N) is 1. The summed E-state index contributed by atoms with van der Waals surface area (Å²) in [6.45, 7) is 4.70. The number of benzene rings is 2. The fraction of sp³-hybridized carbons (Fsp3) is 0.350. The molecule has 1 aliphatic heterocycles. The number of halogens is 2. The summed E-state index contributed by atoms with van der Waals surface area (Å²) in [6, 6.07) is 12.6. The second-order valence-corrected chi connectivity index (χ2v) is 7.20. The number of nitrogens with zero attached hydrogens (tertiary/aromatic N) is 1. The van der Waals surface area contributed by atoms with Crippen LogP contribution >= 0.6 is 15.9 Å². The van der Waals surface area contributed by atoms with Gasteiger partial charge in [-0.2, -0.15) is 0 Å². The molecule has 26 heavy (non-hydrogen) atoms. The Bertz CT molecular complexity index is 763. The molecule has 0 bridgehead atoms. The Balaban J connectivity index is 1.52. The largest absolute Gasteiger partial charge is 0.379 e. The molecule has 0 radical (unpaired) electrons. The maximum atomic E-state index is 13.2. The Kier molecular flexibility index (Phi) is 6.77. The molecule has 0 saturated carbocycles. The van der Waals surface area contributed by atoms with Crippen molar-refractivity contribution in [2.45, 2.75) is 13.0 Å². The van der Waals surface area contributed by atoms with E-state index in [0.717, 1.165) is 44.0 Å². The van der Waals surface area contributed by atoms with Gasteiger partial charge in [0.15, 0.2) is 0 Å². The second-order valence-electron chi connectivity index (χ2n) is 6.34. The van der Waals surface area contributed by atoms with E-state index < -0.39 is 0 Å². The molecule has 0 unspecified atom stereocenters. The lowest BCUT2D eigenvalue weighted by Crippen LogP contribution is -2.35. The van der Waals surface area contributed by atoms with Crippen LogP contribution in [0.3, 0.4) is 0 Å². The average Bonchev–Trinajstić information content (AvgIpc) is 2.65. The van der Waals surface area contributed by atoms with Crippen molar-refractivity contribution in [1.29, 1.82) is 0 Å². The van der Waals surface area contributed by atoms with Gasteiger partial charge in [-0.3, -0.25) is 9.69 Å². The first-order chi connectivity index (χ1) is 12.6. The first-order valence-electron chi connectivity index (χ1n) is 8.73. The minimum atomic E-state index is -0.283. The van der Waals surface area contributed by atoms with Gasteiger partial charge in [-0.1, -0.05) is 18.2 Å². The van der Waals surface area contributed by atoms with Gasteiger partial charge in [-0.05, 0) is 57.7 Å². The van der Waals surface area contributed by atoms with Crippen molar-refractivity contribution in [3.8, 4) is 0 Å². The molecule has 1 heterocycles. The number of hydrogen-bond donors (Lipinski definition) is 1. The molecular formula is C20H22BrFN2O2. The van der Waals surface area contributed by atoms with Crippen LogP contribution < -0.4 is 5.32 Å². The lowest BCUT2D eigenvalue weighted by molar-refractivity contribution is 0.0342. The van der Waals surface area contributed by atoms with Gasteiger partial charge in [0.25, 0.3) is 5.91 Å². The Hall–Kier alpha value is -1.76. The Morgan fingerprint density at radius 1 is 1.15 bits per heavy atom. The maximum absolute atomic E-state index is 13.2. The van der Waals surface area contributed by atoms with Crippen molar-refractivity contribution < 1.29 is 13.9 Å². The highest BCUT2D eigenvalue weighted by Gasteiger charge is 2.12. The van der Waals surface area contributed by atoms with Crippen LogP contribution in [-0.2, 0) is 17.7 Å². The molecule has 2 aromatic rings. The van der Waals surface area contributed by atoms with Crippen molar-refractivity contribution in [1.82, 2.24) is 10.2 Å². The summed E-state index contributed by atoms with van der Waals surface area (Å²) >= 11 is 3.18. The summed E-state index contributed by atoms with van der Waals surface area (Å²) in [5.74, 6) is -0.370. The molecule has 0 atom stereocenters.